The van der Waals surface area contributed by atoms with Crippen molar-refractivity contribution in [2.24, 2.45) is 0 Å². The predicted octanol–water partition coefficient (Wildman–Crippen LogP) is 1.73. The summed E-state index contributed by atoms with van der Waals surface area (Å²) in [6.07, 6.45) is 3.39. The number of hydrogen-bond donors (Lipinski definition) is 0. The summed E-state index contributed by atoms with van der Waals surface area (Å²) in [6.45, 7) is 6.09. The van der Waals surface area contributed by atoms with Gasteiger partial charge in [-0.15, -0.1) is 5.10 Å². The van der Waals surface area contributed by atoms with Crippen LogP contribution in [-0.4, -0.2) is 49.5 Å². The molecule has 3 rings (SSSR count). The van der Waals surface area contributed by atoms with E-state index in [0.717, 1.165) is 28.3 Å². The van der Waals surface area contributed by atoms with Gasteiger partial charge >= 0.3 is 0 Å². The molecule has 0 atom stereocenters. The van der Waals surface area contributed by atoms with Gasteiger partial charge in [0.25, 0.3) is 11.7 Å². The van der Waals surface area contributed by atoms with Crippen molar-refractivity contribution >= 4 is 11.7 Å². The number of carbonyl (C=O) groups is 1. The van der Waals surface area contributed by atoms with E-state index in [0.29, 0.717) is 12.3 Å². The molecule has 0 aromatic carbocycles. The van der Waals surface area contributed by atoms with Crippen LogP contribution in [0.3, 0.4) is 0 Å². The van der Waals surface area contributed by atoms with Gasteiger partial charge in [0.2, 0.25) is 5.82 Å². The van der Waals surface area contributed by atoms with Gasteiger partial charge in [-0.1, -0.05) is 0 Å². The molecule has 0 unspecified atom stereocenters. The second-order valence-electron chi connectivity index (χ2n) is 5.94. The molecule has 130 valence electrons. The van der Waals surface area contributed by atoms with E-state index in [2.05, 4.69) is 20.1 Å². The molecule has 0 aliphatic carbocycles. The number of carbonyl (C=O) groups excluding carboxylic acids is 1. The molecule has 0 aliphatic heterocycles. The minimum Gasteiger partial charge on any atom is -0.496 e. The second kappa shape index (κ2) is 6.46. The fourth-order valence-electron chi connectivity index (χ4n) is 2.69. The Kier molecular flexibility index (Phi) is 4.35. The number of aryl methyl sites for hydroxylation is 2. The summed E-state index contributed by atoms with van der Waals surface area (Å²) >= 11 is 0. The van der Waals surface area contributed by atoms with Crippen LogP contribution >= 0.6 is 0 Å². The fraction of sp³-hybridized carbons (Fsp3) is 0.353. The van der Waals surface area contributed by atoms with Crippen LogP contribution in [0.4, 0.5) is 0 Å². The van der Waals surface area contributed by atoms with E-state index in [1.165, 1.54) is 4.90 Å². The molecule has 0 spiro atoms. The summed E-state index contributed by atoms with van der Waals surface area (Å²) in [5.74, 6) is 1.02. The van der Waals surface area contributed by atoms with Gasteiger partial charge < -0.3 is 9.64 Å². The first-order valence-electron chi connectivity index (χ1n) is 7.85. The molecule has 0 aliphatic rings. The Labute approximate surface area is 145 Å². The number of ether oxygens (including phenoxy) is 1. The molecule has 8 nitrogen and oxygen atoms in total. The van der Waals surface area contributed by atoms with Crippen molar-refractivity contribution in [1.29, 1.82) is 0 Å². The summed E-state index contributed by atoms with van der Waals surface area (Å²) < 4.78 is 6.97. The van der Waals surface area contributed by atoms with Gasteiger partial charge in [0.1, 0.15) is 5.75 Å². The third kappa shape index (κ3) is 3.02. The van der Waals surface area contributed by atoms with E-state index in [1.54, 1.807) is 31.1 Å². The van der Waals surface area contributed by atoms with Crippen LogP contribution in [0.2, 0.25) is 0 Å². The van der Waals surface area contributed by atoms with Crippen molar-refractivity contribution in [2.75, 3.05) is 14.2 Å². The molecular weight excluding hydrogens is 320 g/mol. The zero-order valence-electron chi connectivity index (χ0n) is 14.9. The molecule has 0 bridgehead atoms. The number of fused-ring (bicyclic) bond motifs is 1. The van der Waals surface area contributed by atoms with Gasteiger partial charge in [0.15, 0.2) is 0 Å². The third-order valence-corrected chi connectivity index (χ3v) is 4.10. The van der Waals surface area contributed by atoms with Crippen molar-refractivity contribution in [3.8, 4) is 5.75 Å². The Morgan fingerprint density at radius 1 is 1.28 bits per heavy atom. The lowest BCUT2D eigenvalue weighted by Crippen LogP contribution is -2.28. The average molecular weight is 340 g/mol. The van der Waals surface area contributed by atoms with Gasteiger partial charge in [-0.2, -0.15) is 4.98 Å². The van der Waals surface area contributed by atoms with Crippen molar-refractivity contribution < 1.29 is 9.53 Å². The number of aromatic nitrogens is 5. The summed E-state index contributed by atoms with van der Waals surface area (Å²) in [5.41, 5.74) is 3.51. The molecule has 8 heteroatoms. The molecule has 0 radical (unpaired) electrons. The van der Waals surface area contributed by atoms with E-state index in [9.17, 15) is 4.79 Å². The quantitative estimate of drug-likeness (QED) is 0.719. The number of nitrogens with zero attached hydrogens (tertiary/aromatic N) is 6. The molecule has 25 heavy (non-hydrogen) atoms. The molecule has 1 amide bonds. The lowest BCUT2D eigenvalue weighted by atomic mass is 10.1. The largest absolute Gasteiger partial charge is 0.496 e. The van der Waals surface area contributed by atoms with E-state index in [4.69, 9.17) is 4.74 Å². The Balaban J connectivity index is 1.86. The summed E-state index contributed by atoms with van der Waals surface area (Å²) in [4.78, 5) is 27.0. The van der Waals surface area contributed by atoms with Crippen LogP contribution in [0.1, 0.15) is 33.1 Å². The topological polar surface area (TPSA) is 85.5 Å². The molecule has 0 saturated heterocycles. The number of amides is 1. The van der Waals surface area contributed by atoms with Crippen LogP contribution < -0.4 is 4.74 Å². The van der Waals surface area contributed by atoms with Crippen LogP contribution in [0.15, 0.2) is 18.5 Å². The highest BCUT2D eigenvalue weighted by Gasteiger charge is 2.20. The lowest BCUT2D eigenvalue weighted by Gasteiger charge is -2.18. The standard InChI is InChI=1S/C17H20N6O2/c1-10-8-19-13(12(3)14(10)25-5)9-22(4)16(24)15-20-17-18-7-6-11(2)23(17)21-15/h6-8H,9H2,1-5H3. The van der Waals surface area contributed by atoms with Crippen molar-refractivity contribution in [1.82, 2.24) is 29.5 Å². The first-order valence-corrected chi connectivity index (χ1v) is 7.85. The number of methoxy groups -OCH3 is 1. The minimum absolute atomic E-state index is 0.112. The van der Waals surface area contributed by atoms with Crippen LogP contribution in [0, 0.1) is 20.8 Å². The third-order valence-electron chi connectivity index (χ3n) is 4.10. The van der Waals surface area contributed by atoms with Crippen LogP contribution in [-0.2, 0) is 6.54 Å². The summed E-state index contributed by atoms with van der Waals surface area (Å²) in [7, 11) is 3.33. The molecule has 0 saturated carbocycles. The van der Waals surface area contributed by atoms with E-state index in [1.807, 2.05) is 26.8 Å². The van der Waals surface area contributed by atoms with Gasteiger partial charge in [0.05, 0.1) is 19.3 Å². The predicted molar refractivity (Wildman–Crippen MR) is 91.6 cm³/mol. The Morgan fingerprint density at radius 2 is 2.04 bits per heavy atom. The number of rotatable bonds is 4. The molecule has 3 aromatic heterocycles. The van der Waals surface area contributed by atoms with Gasteiger partial charge in [-0.3, -0.25) is 9.78 Å². The Hall–Kier alpha value is -3.03. The SMILES string of the molecule is COc1c(C)cnc(CN(C)C(=O)c2nc3nccc(C)n3n2)c1C. The van der Waals surface area contributed by atoms with Gasteiger partial charge in [-0.25, -0.2) is 9.50 Å². The summed E-state index contributed by atoms with van der Waals surface area (Å²) in [6, 6.07) is 1.81. The zero-order chi connectivity index (χ0) is 18.1. The smallest absolute Gasteiger partial charge is 0.293 e. The maximum absolute atomic E-state index is 12.7. The zero-order valence-corrected chi connectivity index (χ0v) is 14.9. The number of pyridine rings is 1. The van der Waals surface area contributed by atoms with Crippen LogP contribution in [0.5, 0.6) is 5.75 Å². The molecule has 3 heterocycles. The van der Waals surface area contributed by atoms with E-state index in [-0.39, 0.29) is 11.7 Å². The Morgan fingerprint density at radius 3 is 2.72 bits per heavy atom. The maximum atomic E-state index is 12.7. The van der Waals surface area contributed by atoms with Crippen LogP contribution in [0.25, 0.3) is 5.78 Å². The minimum atomic E-state index is -0.286. The normalized spacial score (nSPS) is 10.9. The molecule has 0 fully saturated rings. The molecular formula is C17H20N6O2. The highest BCUT2D eigenvalue weighted by Crippen LogP contribution is 2.24. The monoisotopic (exact) mass is 340 g/mol. The lowest BCUT2D eigenvalue weighted by molar-refractivity contribution is 0.0771. The van der Waals surface area contributed by atoms with E-state index < -0.39 is 0 Å². The maximum Gasteiger partial charge on any atom is 0.293 e. The molecule has 3 aromatic rings. The first kappa shape index (κ1) is 16.8. The van der Waals surface area contributed by atoms with Gasteiger partial charge in [0, 0.05) is 36.3 Å². The average Bonchev–Trinajstić information content (AvgIpc) is 3.03. The Bertz CT molecular complexity index is 950. The highest BCUT2D eigenvalue weighted by molar-refractivity contribution is 5.90. The van der Waals surface area contributed by atoms with Crippen molar-refractivity contribution in [3.63, 3.8) is 0 Å². The fourth-order valence-corrected chi connectivity index (χ4v) is 2.69. The van der Waals surface area contributed by atoms with Crippen molar-refractivity contribution in [2.45, 2.75) is 27.3 Å². The van der Waals surface area contributed by atoms with Gasteiger partial charge in [-0.05, 0) is 26.8 Å². The first-order chi connectivity index (χ1) is 11.9. The highest BCUT2D eigenvalue weighted by atomic mass is 16.5. The van der Waals surface area contributed by atoms with Crippen molar-refractivity contribution in [3.05, 3.63) is 46.8 Å². The summed E-state index contributed by atoms with van der Waals surface area (Å²) in [5, 5.41) is 4.25. The molecule has 0 N–H and O–H groups in total. The number of hydrogen-bond acceptors (Lipinski definition) is 6. The second-order valence-corrected chi connectivity index (χ2v) is 5.94. The van der Waals surface area contributed by atoms with E-state index >= 15 is 0 Å².